The van der Waals surface area contributed by atoms with Gasteiger partial charge in [-0.2, -0.15) is 11.8 Å². The molecule has 35 heavy (non-hydrogen) atoms. The smallest absolute Gasteiger partial charge is 0.408 e. The first-order chi connectivity index (χ1) is 16.5. The van der Waals surface area contributed by atoms with Gasteiger partial charge in [0.15, 0.2) is 0 Å². The lowest BCUT2D eigenvalue weighted by Gasteiger charge is -2.35. The monoisotopic (exact) mass is 507 g/mol. The summed E-state index contributed by atoms with van der Waals surface area (Å²) >= 11 is 1.60. The number of hydrogen-bond donors (Lipinski definition) is 2. The van der Waals surface area contributed by atoms with E-state index in [1.165, 1.54) is 0 Å². The van der Waals surface area contributed by atoms with Crippen molar-refractivity contribution in [1.82, 2.24) is 15.5 Å². The van der Waals surface area contributed by atoms with E-state index in [1.54, 1.807) is 37.4 Å². The van der Waals surface area contributed by atoms with Gasteiger partial charge in [0.05, 0.1) is 0 Å². The van der Waals surface area contributed by atoms with Gasteiger partial charge in [0.1, 0.15) is 17.7 Å². The molecular weight excluding hydrogens is 462 g/mol. The van der Waals surface area contributed by atoms with Crippen molar-refractivity contribution in [2.24, 2.45) is 0 Å². The molecule has 0 aliphatic heterocycles. The fraction of sp³-hybridized carbons (Fsp3) is 0.667. The second-order valence-corrected chi connectivity index (χ2v) is 11.0. The molecule has 0 bridgehead atoms. The molecule has 0 heterocycles. The molecule has 1 aromatic carbocycles. The van der Waals surface area contributed by atoms with Crippen molar-refractivity contribution in [2.75, 3.05) is 18.6 Å². The van der Waals surface area contributed by atoms with Gasteiger partial charge in [0.25, 0.3) is 0 Å². The van der Waals surface area contributed by atoms with Crippen LogP contribution in [0.15, 0.2) is 30.3 Å². The Morgan fingerprint density at radius 2 is 1.69 bits per heavy atom. The number of nitrogens with zero attached hydrogens (tertiary/aromatic N) is 1. The summed E-state index contributed by atoms with van der Waals surface area (Å²) in [5.41, 5.74) is 0.0659. The van der Waals surface area contributed by atoms with Crippen LogP contribution in [-0.4, -0.2) is 59.0 Å². The maximum Gasteiger partial charge on any atom is 0.408 e. The zero-order chi connectivity index (χ0) is 26.4. The first-order valence-electron chi connectivity index (χ1n) is 12.6. The molecule has 0 saturated carbocycles. The predicted molar refractivity (Wildman–Crippen MR) is 144 cm³/mol. The molecule has 0 aromatic heterocycles. The van der Waals surface area contributed by atoms with E-state index >= 15 is 0 Å². The van der Waals surface area contributed by atoms with Crippen LogP contribution in [0.25, 0.3) is 0 Å². The number of alkyl carbamates (subject to hydrolysis) is 1. The summed E-state index contributed by atoms with van der Waals surface area (Å²) in [6.07, 6.45) is 5.63. The van der Waals surface area contributed by atoms with Crippen molar-refractivity contribution in [3.63, 3.8) is 0 Å². The SMILES string of the molecule is CCCCCCN(C(=O)C(CCSC)NC(=O)OC(C)(C)C)C(C(=O)NC(C)C)c1ccccc1. The van der Waals surface area contributed by atoms with E-state index in [9.17, 15) is 14.4 Å². The highest BCUT2D eigenvalue weighted by Crippen LogP contribution is 2.24. The van der Waals surface area contributed by atoms with Gasteiger partial charge in [-0.15, -0.1) is 0 Å². The second kappa shape index (κ2) is 15.7. The fourth-order valence-electron chi connectivity index (χ4n) is 3.69. The highest BCUT2D eigenvalue weighted by molar-refractivity contribution is 7.98. The number of unbranched alkanes of at least 4 members (excludes halogenated alkanes) is 3. The van der Waals surface area contributed by atoms with Gasteiger partial charge in [-0.3, -0.25) is 9.59 Å². The zero-order valence-electron chi connectivity index (χ0n) is 22.6. The maximum atomic E-state index is 14.0. The number of benzene rings is 1. The van der Waals surface area contributed by atoms with Crippen LogP contribution in [0.4, 0.5) is 4.79 Å². The highest BCUT2D eigenvalue weighted by atomic mass is 32.2. The van der Waals surface area contributed by atoms with Gasteiger partial charge >= 0.3 is 6.09 Å². The third kappa shape index (κ3) is 11.8. The highest BCUT2D eigenvalue weighted by Gasteiger charge is 2.36. The van der Waals surface area contributed by atoms with Crippen LogP contribution in [-0.2, 0) is 14.3 Å². The lowest BCUT2D eigenvalue weighted by molar-refractivity contribution is -0.142. The number of carbonyl (C=O) groups excluding carboxylic acids is 3. The molecule has 0 saturated heterocycles. The van der Waals surface area contributed by atoms with Gasteiger partial charge in [0, 0.05) is 12.6 Å². The molecule has 198 valence electrons. The molecule has 2 unspecified atom stereocenters. The van der Waals surface area contributed by atoms with E-state index in [0.717, 1.165) is 31.2 Å². The average molecular weight is 508 g/mol. The third-order valence-corrected chi connectivity index (χ3v) is 5.89. The zero-order valence-corrected chi connectivity index (χ0v) is 23.4. The van der Waals surface area contributed by atoms with Gasteiger partial charge in [-0.25, -0.2) is 4.79 Å². The standard InChI is InChI=1S/C27H45N3O4S/c1-8-9-10-14-18-30(23(24(31)28-20(2)3)21-15-12-11-13-16-21)25(32)22(17-19-35-7)29-26(33)34-27(4,5)6/h11-13,15-16,20,22-23H,8-10,14,17-19H2,1-7H3,(H,28,31)(H,29,33). The van der Waals surface area contributed by atoms with Gasteiger partial charge in [-0.05, 0) is 65.0 Å². The summed E-state index contributed by atoms with van der Waals surface area (Å²) in [6.45, 7) is 11.7. The Hall–Kier alpha value is -2.22. The topological polar surface area (TPSA) is 87.7 Å². The van der Waals surface area contributed by atoms with E-state index in [2.05, 4.69) is 17.6 Å². The average Bonchev–Trinajstić information content (AvgIpc) is 2.77. The van der Waals surface area contributed by atoms with E-state index in [0.29, 0.717) is 18.7 Å². The van der Waals surface area contributed by atoms with Gasteiger partial charge < -0.3 is 20.3 Å². The Morgan fingerprint density at radius 3 is 2.23 bits per heavy atom. The van der Waals surface area contributed by atoms with Crippen molar-refractivity contribution >= 4 is 29.7 Å². The summed E-state index contributed by atoms with van der Waals surface area (Å²) in [7, 11) is 0. The Bertz CT molecular complexity index is 780. The molecule has 3 amide bonds. The number of carbonyl (C=O) groups is 3. The second-order valence-electron chi connectivity index (χ2n) is 10.0. The van der Waals surface area contributed by atoms with E-state index in [1.807, 2.05) is 50.4 Å². The van der Waals surface area contributed by atoms with Crippen molar-refractivity contribution < 1.29 is 19.1 Å². The molecule has 0 spiro atoms. The molecule has 2 atom stereocenters. The normalized spacial score (nSPS) is 13.1. The summed E-state index contributed by atoms with van der Waals surface area (Å²) < 4.78 is 5.43. The molecule has 8 heteroatoms. The first kappa shape index (κ1) is 30.8. The Balaban J connectivity index is 3.36. The molecule has 0 radical (unpaired) electrons. The summed E-state index contributed by atoms with van der Waals surface area (Å²) in [6, 6.07) is 7.72. The summed E-state index contributed by atoms with van der Waals surface area (Å²) in [4.78, 5) is 41.6. The molecule has 0 aliphatic rings. The van der Waals surface area contributed by atoms with Crippen LogP contribution in [0, 0.1) is 0 Å². The number of ether oxygens (including phenoxy) is 1. The Kier molecular flexibility index (Phi) is 13.8. The summed E-state index contributed by atoms with van der Waals surface area (Å²) in [5.74, 6) is 0.189. The van der Waals surface area contributed by atoms with Crippen LogP contribution >= 0.6 is 11.8 Å². The molecule has 1 aromatic rings. The van der Waals surface area contributed by atoms with Crippen molar-refractivity contribution in [1.29, 1.82) is 0 Å². The lowest BCUT2D eigenvalue weighted by atomic mass is 10.0. The number of thioether (sulfide) groups is 1. The van der Waals surface area contributed by atoms with Crippen molar-refractivity contribution in [2.45, 2.75) is 97.4 Å². The predicted octanol–water partition coefficient (Wildman–Crippen LogP) is 5.31. The van der Waals surface area contributed by atoms with E-state index in [-0.39, 0.29) is 17.9 Å². The molecular formula is C27H45N3O4S. The van der Waals surface area contributed by atoms with Crippen LogP contribution < -0.4 is 10.6 Å². The molecule has 1 rings (SSSR count). The Morgan fingerprint density at radius 1 is 1.03 bits per heavy atom. The Labute approximate surface area is 216 Å². The lowest BCUT2D eigenvalue weighted by Crippen LogP contribution is -2.53. The van der Waals surface area contributed by atoms with E-state index < -0.39 is 23.8 Å². The largest absolute Gasteiger partial charge is 0.444 e. The number of amides is 3. The van der Waals surface area contributed by atoms with Crippen LogP contribution in [0.2, 0.25) is 0 Å². The van der Waals surface area contributed by atoms with Crippen LogP contribution in [0.5, 0.6) is 0 Å². The summed E-state index contributed by atoms with van der Waals surface area (Å²) in [5, 5.41) is 5.76. The number of nitrogens with one attached hydrogen (secondary N) is 2. The molecule has 7 nitrogen and oxygen atoms in total. The first-order valence-corrected chi connectivity index (χ1v) is 14.0. The number of hydrogen-bond acceptors (Lipinski definition) is 5. The van der Waals surface area contributed by atoms with Gasteiger partial charge in [-0.1, -0.05) is 56.5 Å². The fourth-order valence-corrected chi connectivity index (χ4v) is 4.16. The van der Waals surface area contributed by atoms with Crippen LogP contribution in [0.3, 0.4) is 0 Å². The minimum Gasteiger partial charge on any atom is -0.444 e. The van der Waals surface area contributed by atoms with Crippen molar-refractivity contribution in [3.8, 4) is 0 Å². The molecule has 0 fully saturated rings. The van der Waals surface area contributed by atoms with Crippen molar-refractivity contribution in [3.05, 3.63) is 35.9 Å². The minimum absolute atomic E-state index is 0.0714. The minimum atomic E-state index is -0.790. The molecule has 0 aliphatic carbocycles. The molecule has 2 N–H and O–H groups in total. The quantitative estimate of drug-likeness (QED) is 0.333. The third-order valence-electron chi connectivity index (χ3n) is 5.24. The van der Waals surface area contributed by atoms with Gasteiger partial charge in [0.2, 0.25) is 11.8 Å². The van der Waals surface area contributed by atoms with Crippen LogP contribution in [0.1, 0.15) is 85.3 Å². The number of rotatable bonds is 14. The maximum absolute atomic E-state index is 14.0. The van der Waals surface area contributed by atoms with E-state index in [4.69, 9.17) is 4.74 Å².